The van der Waals surface area contributed by atoms with E-state index in [-0.39, 0.29) is 12.0 Å². The van der Waals surface area contributed by atoms with Crippen molar-refractivity contribution in [1.29, 1.82) is 0 Å². The zero-order valence-electron chi connectivity index (χ0n) is 23.2. The summed E-state index contributed by atoms with van der Waals surface area (Å²) in [6.07, 6.45) is 7.15. The van der Waals surface area contributed by atoms with Crippen LogP contribution in [0.5, 0.6) is 17.5 Å². The molecule has 0 spiro atoms. The molecular formula is C30H37N5O5. The number of carbonyl (C=O) groups excluding carboxylic acids is 1. The van der Waals surface area contributed by atoms with Crippen molar-refractivity contribution in [3.8, 4) is 17.5 Å². The lowest BCUT2D eigenvalue weighted by atomic mass is 10.2. The average Bonchev–Trinajstić information content (AvgIpc) is 2.97. The molecule has 0 amide bonds. The number of nitrogens with one attached hydrogen (secondary N) is 2. The second kappa shape index (κ2) is 16.4. The van der Waals surface area contributed by atoms with E-state index in [4.69, 9.17) is 18.9 Å². The van der Waals surface area contributed by atoms with E-state index >= 15 is 0 Å². The summed E-state index contributed by atoms with van der Waals surface area (Å²) in [6, 6.07) is 13.1. The molecule has 0 bridgehead atoms. The van der Waals surface area contributed by atoms with Crippen LogP contribution >= 0.6 is 0 Å². The largest absolute Gasteiger partial charge is 0.494 e. The van der Waals surface area contributed by atoms with Crippen LogP contribution in [0.25, 0.3) is 0 Å². The Morgan fingerprint density at radius 1 is 0.900 bits per heavy atom. The van der Waals surface area contributed by atoms with E-state index < -0.39 is 5.97 Å². The number of nitrogens with zero attached hydrogens (tertiary/aromatic N) is 3. The molecule has 10 heteroatoms. The first-order valence-electron chi connectivity index (χ1n) is 13.2. The third-order valence-corrected chi connectivity index (χ3v) is 5.54. The second-order valence-electron chi connectivity index (χ2n) is 8.58. The van der Waals surface area contributed by atoms with Gasteiger partial charge >= 0.3 is 12.0 Å². The maximum atomic E-state index is 12.2. The van der Waals surface area contributed by atoms with Crippen LogP contribution in [0.15, 0.2) is 67.8 Å². The molecule has 3 aromatic rings. The van der Waals surface area contributed by atoms with Crippen LogP contribution in [0.1, 0.15) is 48.5 Å². The lowest BCUT2D eigenvalue weighted by Gasteiger charge is -2.14. The van der Waals surface area contributed by atoms with Gasteiger partial charge in [-0.05, 0) is 62.4 Å². The molecule has 0 aliphatic heterocycles. The third kappa shape index (κ3) is 9.61. The highest BCUT2D eigenvalue weighted by atomic mass is 16.5. The molecule has 212 valence electrons. The number of ether oxygens (including phenoxy) is 4. The number of anilines is 3. The molecule has 3 rings (SSSR count). The molecule has 2 N–H and O–H groups in total. The van der Waals surface area contributed by atoms with Crippen LogP contribution in [0.2, 0.25) is 0 Å². The predicted octanol–water partition coefficient (Wildman–Crippen LogP) is 6.10. The summed E-state index contributed by atoms with van der Waals surface area (Å²) in [4.78, 5) is 25.4. The lowest BCUT2D eigenvalue weighted by Crippen LogP contribution is -2.10. The highest BCUT2D eigenvalue weighted by Crippen LogP contribution is 2.27. The zero-order chi connectivity index (χ0) is 28.6. The molecule has 0 unspecified atom stereocenters. The normalized spacial score (nSPS) is 10.3. The highest BCUT2D eigenvalue weighted by molar-refractivity contribution is 5.93. The fourth-order valence-corrected chi connectivity index (χ4v) is 3.52. The first kappa shape index (κ1) is 29.9. The van der Waals surface area contributed by atoms with Crippen molar-refractivity contribution in [1.82, 2.24) is 15.0 Å². The van der Waals surface area contributed by atoms with Crippen LogP contribution < -0.4 is 24.8 Å². The minimum absolute atomic E-state index is 0.179. The number of hydrogen-bond donors (Lipinski definition) is 2. The summed E-state index contributed by atoms with van der Waals surface area (Å²) in [6.45, 7) is 11.3. The number of esters is 1. The smallest absolute Gasteiger partial charge is 0.341 e. The number of benzene rings is 2. The van der Waals surface area contributed by atoms with Gasteiger partial charge in [0, 0.05) is 18.3 Å². The minimum Gasteiger partial charge on any atom is -0.494 e. The molecule has 0 atom stereocenters. The van der Waals surface area contributed by atoms with Crippen LogP contribution in [0, 0.1) is 0 Å². The van der Waals surface area contributed by atoms with Gasteiger partial charge in [-0.15, -0.1) is 13.2 Å². The van der Waals surface area contributed by atoms with E-state index in [0.29, 0.717) is 49.3 Å². The number of rotatable bonds is 18. The molecule has 1 aromatic heterocycles. The number of carbonyl (C=O) groups is 1. The Hall–Kier alpha value is -4.60. The quantitative estimate of drug-likeness (QED) is 0.110. The van der Waals surface area contributed by atoms with Crippen molar-refractivity contribution in [2.45, 2.75) is 39.2 Å². The number of allylic oxidation sites excluding steroid dienone is 2. The predicted molar refractivity (Wildman–Crippen MR) is 156 cm³/mol. The van der Waals surface area contributed by atoms with E-state index in [1.54, 1.807) is 18.2 Å². The van der Waals surface area contributed by atoms with Crippen LogP contribution in [0.4, 0.5) is 17.6 Å². The fourth-order valence-electron chi connectivity index (χ4n) is 3.52. The number of unbranched alkanes of at least 4 members (excludes halogenated alkanes) is 2. The van der Waals surface area contributed by atoms with Gasteiger partial charge in [0.25, 0.3) is 0 Å². The first-order valence-corrected chi connectivity index (χ1v) is 13.2. The van der Waals surface area contributed by atoms with Crippen LogP contribution in [0.3, 0.4) is 0 Å². The minimum atomic E-state index is -0.483. The van der Waals surface area contributed by atoms with Crippen molar-refractivity contribution in [2.75, 3.05) is 37.6 Å². The summed E-state index contributed by atoms with van der Waals surface area (Å²) in [5.41, 5.74) is 1.98. The number of hydrogen-bond acceptors (Lipinski definition) is 10. The number of aromatic nitrogens is 3. The summed E-state index contributed by atoms with van der Waals surface area (Å²) < 4.78 is 22.1. The van der Waals surface area contributed by atoms with E-state index in [0.717, 1.165) is 37.0 Å². The van der Waals surface area contributed by atoms with E-state index in [2.05, 4.69) is 38.7 Å². The second-order valence-corrected chi connectivity index (χ2v) is 8.58. The van der Waals surface area contributed by atoms with Gasteiger partial charge in [-0.1, -0.05) is 24.3 Å². The van der Waals surface area contributed by atoms with Crippen molar-refractivity contribution < 1.29 is 23.7 Å². The lowest BCUT2D eigenvalue weighted by molar-refractivity contribution is 0.0596. The van der Waals surface area contributed by atoms with Gasteiger partial charge in [-0.25, -0.2) is 4.79 Å². The van der Waals surface area contributed by atoms with Gasteiger partial charge in [-0.3, -0.25) is 0 Å². The summed E-state index contributed by atoms with van der Waals surface area (Å²) >= 11 is 0. The van der Waals surface area contributed by atoms with Crippen molar-refractivity contribution in [3.63, 3.8) is 0 Å². The SMILES string of the molecule is C=CCCCOc1ccc(CNc2nc(Nc3ccc(C(=O)OC)c(OCCCC=C)c3)nc(OCC)n2)cc1. The Kier molecular flexibility index (Phi) is 12.3. The monoisotopic (exact) mass is 547 g/mol. The summed E-state index contributed by atoms with van der Waals surface area (Å²) in [5.74, 6) is 1.35. The summed E-state index contributed by atoms with van der Waals surface area (Å²) in [7, 11) is 1.33. The Bertz CT molecular complexity index is 1250. The Balaban J connectivity index is 1.71. The molecule has 1 heterocycles. The first-order chi connectivity index (χ1) is 19.6. The van der Waals surface area contributed by atoms with Gasteiger partial charge in [-0.2, -0.15) is 15.0 Å². The Morgan fingerprint density at radius 3 is 2.27 bits per heavy atom. The molecule has 0 fully saturated rings. The fraction of sp³-hybridized carbons (Fsp3) is 0.333. The maximum Gasteiger partial charge on any atom is 0.341 e. The molecule has 0 saturated carbocycles. The molecule has 0 aliphatic carbocycles. The standard InChI is InChI=1S/C30H37N5O5/c1-5-8-10-18-39-24-15-12-22(13-16-24)21-31-28-33-29(35-30(34-28)38-7-3)32-23-14-17-25(27(36)37-4)26(20-23)40-19-11-9-6-2/h5-6,12-17,20H,1-2,7-11,18-19,21H2,3-4H3,(H2,31,32,33,34,35). The highest BCUT2D eigenvalue weighted by Gasteiger charge is 2.15. The van der Waals surface area contributed by atoms with Gasteiger partial charge in [0.15, 0.2) is 0 Å². The van der Waals surface area contributed by atoms with E-state index in [1.807, 2.05) is 43.3 Å². The van der Waals surface area contributed by atoms with Gasteiger partial charge in [0.1, 0.15) is 17.1 Å². The van der Waals surface area contributed by atoms with Gasteiger partial charge < -0.3 is 29.6 Å². The Morgan fingerprint density at radius 2 is 1.60 bits per heavy atom. The maximum absolute atomic E-state index is 12.2. The molecule has 2 aromatic carbocycles. The van der Waals surface area contributed by atoms with Gasteiger partial charge in [0.05, 0.1) is 26.9 Å². The van der Waals surface area contributed by atoms with E-state index in [1.165, 1.54) is 7.11 Å². The molecule has 0 radical (unpaired) electrons. The molecule has 0 saturated heterocycles. The third-order valence-electron chi connectivity index (χ3n) is 5.54. The van der Waals surface area contributed by atoms with Crippen molar-refractivity contribution >= 4 is 23.6 Å². The average molecular weight is 548 g/mol. The molecule has 0 aliphatic rings. The topological polar surface area (TPSA) is 117 Å². The zero-order valence-corrected chi connectivity index (χ0v) is 23.2. The number of methoxy groups -OCH3 is 1. The van der Waals surface area contributed by atoms with Gasteiger partial charge in [0.2, 0.25) is 11.9 Å². The summed E-state index contributed by atoms with van der Waals surface area (Å²) in [5, 5.41) is 6.37. The van der Waals surface area contributed by atoms with E-state index in [9.17, 15) is 4.79 Å². The van der Waals surface area contributed by atoms with Crippen molar-refractivity contribution in [3.05, 3.63) is 78.9 Å². The van der Waals surface area contributed by atoms with Crippen LogP contribution in [-0.2, 0) is 11.3 Å². The van der Waals surface area contributed by atoms with Crippen molar-refractivity contribution in [2.24, 2.45) is 0 Å². The molecule has 10 nitrogen and oxygen atoms in total. The Labute approximate surface area is 235 Å². The molecular weight excluding hydrogens is 510 g/mol. The molecule has 40 heavy (non-hydrogen) atoms. The van der Waals surface area contributed by atoms with Crippen LogP contribution in [-0.4, -0.2) is 47.9 Å².